The first-order valence-electron chi connectivity index (χ1n) is 10.9. The van der Waals surface area contributed by atoms with Crippen LogP contribution in [0.25, 0.3) is 16.5 Å². The van der Waals surface area contributed by atoms with E-state index < -0.39 is 11.8 Å². The minimum Gasteiger partial charge on any atom is -0.455 e. The van der Waals surface area contributed by atoms with Crippen molar-refractivity contribution in [3.63, 3.8) is 0 Å². The Kier molecular flexibility index (Phi) is 5.32. The van der Waals surface area contributed by atoms with Crippen LogP contribution in [0.2, 0.25) is 5.02 Å². The van der Waals surface area contributed by atoms with E-state index >= 15 is 0 Å². The maximum atomic E-state index is 13.3. The second-order valence-corrected chi connectivity index (χ2v) is 8.98. The van der Waals surface area contributed by atoms with Crippen molar-refractivity contribution in [3.05, 3.63) is 82.2 Å². The molecule has 0 unspecified atom stereocenters. The molecule has 34 heavy (non-hydrogen) atoms. The Morgan fingerprint density at radius 1 is 1.26 bits per heavy atom. The van der Waals surface area contributed by atoms with Gasteiger partial charge in [-0.3, -0.25) is 9.78 Å². The van der Waals surface area contributed by atoms with Crippen molar-refractivity contribution >= 4 is 34.0 Å². The summed E-state index contributed by atoms with van der Waals surface area (Å²) < 4.78 is 32.8. The lowest BCUT2D eigenvalue weighted by Gasteiger charge is -2.42. The minimum absolute atomic E-state index is 0.324. The molecule has 8 heteroatoms. The van der Waals surface area contributed by atoms with Gasteiger partial charge in [0.15, 0.2) is 0 Å². The number of aromatic nitrogens is 1. The number of rotatable bonds is 6. The third-order valence-corrected chi connectivity index (χ3v) is 6.60. The number of halogens is 3. The molecule has 2 aliphatic rings. The fraction of sp³-hybridized carbons (Fsp3) is 0.231. The van der Waals surface area contributed by atoms with Crippen LogP contribution in [0, 0.1) is 0 Å². The molecule has 3 aromatic rings. The van der Waals surface area contributed by atoms with E-state index in [9.17, 15) is 13.6 Å². The number of aryl methyl sites for hydroxylation is 1. The third-order valence-electron chi connectivity index (χ3n) is 6.30. The first-order valence-corrected chi connectivity index (χ1v) is 11.3. The molecule has 174 valence electrons. The van der Waals surface area contributed by atoms with Gasteiger partial charge in [-0.1, -0.05) is 31.2 Å². The Morgan fingerprint density at radius 2 is 2.03 bits per heavy atom. The normalized spacial score (nSPS) is 16.1. The predicted octanol–water partition coefficient (Wildman–Crippen LogP) is 5.75. The molecule has 0 radical (unpaired) electrons. The summed E-state index contributed by atoms with van der Waals surface area (Å²) >= 11 is 6.58. The number of alkyl halides is 2. The smallest absolute Gasteiger partial charge is 0.282 e. The van der Waals surface area contributed by atoms with Crippen LogP contribution in [0.3, 0.4) is 0 Å². The van der Waals surface area contributed by atoms with Gasteiger partial charge in [0.05, 0.1) is 23.6 Å². The zero-order valence-corrected chi connectivity index (χ0v) is 19.3. The van der Waals surface area contributed by atoms with Gasteiger partial charge in [-0.25, -0.2) is 8.78 Å². The summed E-state index contributed by atoms with van der Waals surface area (Å²) in [6.07, 6.45) is 4.86. The van der Waals surface area contributed by atoms with Gasteiger partial charge >= 0.3 is 0 Å². The number of amides is 1. The van der Waals surface area contributed by atoms with Gasteiger partial charge in [-0.05, 0) is 59.9 Å². The molecular formula is C26H22ClF2N3O2. The monoisotopic (exact) mass is 481 g/mol. The third kappa shape index (κ3) is 3.80. The van der Waals surface area contributed by atoms with Gasteiger partial charge < -0.3 is 15.4 Å². The maximum Gasteiger partial charge on any atom is 0.282 e. The Morgan fingerprint density at radius 3 is 2.71 bits per heavy atom. The number of hydrogen-bond donors (Lipinski definition) is 1. The summed E-state index contributed by atoms with van der Waals surface area (Å²) in [6, 6.07) is 8.88. The van der Waals surface area contributed by atoms with Crippen LogP contribution in [0.4, 0.5) is 8.78 Å². The van der Waals surface area contributed by atoms with E-state index in [2.05, 4.69) is 11.6 Å². The number of hydrogen-bond acceptors (Lipinski definition) is 4. The second-order valence-electron chi connectivity index (χ2n) is 8.58. The van der Waals surface area contributed by atoms with Crippen LogP contribution in [0.15, 0.2) is 54.9 Å². The molecule has 0 atom stereocenters. The molecule has 0 bridgehead atoms. The lowest BCUT2D eigenvalue weighted by atomic mass is 10.00. The predicted molar refractivity (Wildman–Crippen MR) is 129 cm³/mol. The Hall–Kier alpha value is -3.45. The molecule has 1 saturated heterocycles. The minimum atomic E-state index is -2.67. The molecule has 1 aliphatic carbocycles. The summed E-state index contributed by atoms with van der Waals surface area (Å²) in [7, 11) is 0. The Bertz CT molecular complexity index is 1390. The van der Waals surface area contributed by atoms with Gasteiger partial charge in [-0.2, -0.15) is 0 Å². The number of carbonyl (C=O) groups is 1. The van der Waals surface area contributed by atoms with E-state index in [0.717, 1.165) is 22.3 Å². The van der Waals surface area contributed by atoms with E-state index in [4.69, 9.17) is 22.1 Å². The number of fused-ring (bicyclic) bond motifs is 2. The van der Waals surface area contributed by atoms with Crippen molar-refractivity contribution in [3.8, 4) is 11.5 Å². The topological polar surface area (TPSA) is 68.5 Å². The van der Waals surface area contributed by atoms with Crippen LogP contribution < -0.4 is 10.5 Å². The molecule has 1 aromatic heterocycles. The molecule has 2 aromatic carbocycles. The SMILES string of the molecule is C=C(C1=CCc2cc(Oc3ccnc4cc(CC)c(C(N)=O)cc34)c(Cl)cc21)N1CC(F)(F)C1. The second kappa shape index (κ2) is 8.09. The average molecular weight is 482 g/mol. The van der Waals surface area contributed by atoms with E-state index in [1.165, 1.54) is 0 Å². The number of carbonyl (C=O) groups excluding carboxylic acids is 1. The van der Waals surface area contributed by atoms with Gasteiger partial charge in [0, 0.05) is 28.4 Å². The lowest BCUT2D eigenvalue weighted by molar-refractivity contribution is -0.113. The standard InChI is InChI=1S/C26H22ClF2N3O2/c1-3-15-8-22-20(10-19(15)25(30)33)23(6-7-31-22)34-24-9-16-4-5-17(18(16)11-21(24)27)14(2)32-12-26(28,29)13-32/h5-11H,2-4,12-13H2,1H3,(H2,30,33). The van der Waals surface area contributed by atoms with Crippen LogP contribution in [0.1, 0.15) is 34.0 Å². The van der Waals surface area contributed by atoms with Gasteiger partial charge in [0.2, 0.25) is 5.91 Å². The maximum absolute atomic E-state index is 13.3. The molecule has 1 amide bonds. The highest BCUT2D eigenvalue weighted by Gasteiger charge is 2.45. The zero-order chi connectivity index (χ0) is 24.2. The van der Waals surface area contributed by atoms with Gasteiger partial charge in [-0.15, -0.1) is 0 Å². The molecule has 2 N–H and O–H groups in total. The average Bonchev–Trinajstić information content (AvgIpc) is 3.18. The fourth-order valence-electron chi connectivity index (χ4n) is 4.50. The highest BCUT2D eigenvalue weighted by molar-refractivity contribution is 6.32. The zero-order valence-electron chi connectivity index (χ0n) is 18.5. The number of likely N-dealkylation sites (tertiary alicyclic amines) is 1. The molecule has 0 saturated carbocycles. The highest BCUT2D eigenvalue weighted by Crippen LogP contribution is 2.43. The molecule has 1 aliphatic heterocycles. The van der Waals surface area contributed by atoms with Crippen LogP contribution in [-0.4, -0.2) is 34.8 Å². The lowest BCUT2D eigenvalue weighted by Crippen LogP contribution is -2.55. The van der Waals surface area contributed by atoms with Crippen molar-refractivity contribution in [1.29, 1.82) is 0 Å². The van der Waals surface area contributed by atoms with E-state index in [1.54, 1.807) is 29.3 Å². The summed E-state index contributed by atoms with van der Waals surface area (Å²) in [5.74, 6) is -2.23. The number of primary amides is 1. The van der Waals surface area contributed by atoms with Crippen molar-refractivity contribution in [1.82, 2.24) is 9.88 Å². The van der Waals surface area contributed by atoms with Crippen molar-refractivity contribution in [2.45, 2.75) is 25.7 Å². The quantitative estimate of drug-likeness (QED) is 0.487. The largest absolute Gasteiger partial charge is 0.455 e. The molecule has 0 spiro atoms. The molecular weight excluding hydrogens is 460 g/mol. The van der Waals surface area contributed by atoms with Crippen molar-refractivity contribution in [2.24, 2.45) is 5.73 Å². The summed E-state index contributed by atoms with van der Waals surface area (Å²) in [4.78, 5) is 17.9. The Balaban J connectivity index is 1.46. The van der Waals surface area contributed by atoms with Crippen molar-refractivity contribution < 1.29 is 18.3 Å². The van der Waals surface area contributed by atoms with Crippen LogP contribution in [-0.2, 0) is 12.8 Å². The van der Waals surface area contributed by atoms with Gasteiger partial charge in [0.25, 0.3) is 5.92 Å². The first kappa shape index (κ1) is 22.3. The first-order chi connectivity index (χ1) is 16.2. The fourth-order valence-corrected chi connectivity index (χ4v) is 4.70. The number of pyridine rings is 1. The van der Waals surface area contributed by atoms with E-state index in [-0.39, 0.29) is 13.1 Å². The Labute approximate surface area is 200 Å². The van der Waals surface area contributed by atoms with Crippen molar-refractivity contribution in [2.75, 3.05) is 13.1 Å². The number of nitrogens with zero attached hydrogens (tertiary/aromatic N) is 2. The number of ether oxygens (including phenoxy) is 1. The van der Waals surface area contributed by atoms with E-state index in [1.807, 2.05) is 25.1 Å². The van der Waals surface area contributed by atoms with E-state index in [0.29, 0.717) is 51.5 Å². The molecule has 5 rings (SSSR count). The summed E-state index contributed by atoms with van der Waals surface area (Å²) in [6.45, 7) is 5.32. The molecule has 5 nitrogen and oxygen atoms in total. The van der Waals surface area contributed by atoms with Gasteiger partial charge in [0.1, 0.15) is 11.5 Å². The summed E-state index contributed by atoms with van der Waals surface area (Å²) in [5.41, 5.74) is 10.7. The highest BCUT2D eigenvalue weighted by atomic mass is 35.5. The van der Waals surface area contributed by atoms with Crippen LogP contribution in [0.5, 0.6) is 11.5 Å². The summed E-state index contributed by atoms with van der Waals surface area (Å²) in [5, 5.41) is 1.02. The molecule has 2 heterocycles. The number of nitrogens with two attached hydrogens (primary N) is 1. The molecule has 1 fully saturated rings. The van der Waals surface area contributed by atoms with Crippen LogP contribution >= 0.6 is 11.6 Å². The number of benzene rings is 2. The number of allylic oxidation sites excluding steroid dienone is 2.